The number of rotatable bonds is 10. The van der Waals surface area contributed by atoms with Crippen LogP contribution in [0.2, 0.25) is 0 Å². The van der Waals surface area contributed by atoms with Gasteiger partial charge in [-0.25, -0.2) is 0 Å². The van der Waals surface area contributed by atoms with Crippen molar-refractivity contribution in [1.82, 2.24) is 0 Å². The van der Waals surface area contributed by atoms with E-state index >= 15 is 0 Å². The standard InChI is InChI=1S/C26H32N2O2/c1-3-5-7-13-24(29)27-23-16-15-21-17-19-11-9-10-12-20(19)18-22(21)26(23)28-25(30)14-8-6-4-2/h9-12,15-18H,3-8,13-14H2,1-2H3,(H,27,29)(H,28,30). The molecule has 30 heavy (non-hydrogen) atoms. The van der Waals surface area contributed by atoms with Crippen LogP contribution in [0.3, 0.4) is 0 Å². The van der Waals surface area contributed by atoms with Crippen LogP contribution in [0.15, 0.2) is 48.5 Å². The largest absolute Gasteiger partial charge is 0.324 e. The Morgan fingerprint density at radius 1 is 0.700 bits per heavy atom. The summed E-state index contributed by atoms with van der Waals surface area (Å²) in [6, 6.07) is 16.3. The van der Waals surface area contributed by atoms with Gasteiger partial charge >= 0.3 is 0 Å². The molecule has 0 bridgehead atoms. The molecule has 0 saturated heterocycles. The second kappa shape index (κ2) is 10.8. The molecule has 0 spiro atoms. The predicted molar refractivity (Wildman–Crippen MR) is 127 cm³/mol. The highest BCUT2D eigenvalue weighted by Crippen LogP contribution is 2.35. The Balaban J connectivity index is 1.95. The van der Waals surface area contributed by atoms with Gasteiger partial charge in [-0.15, -0.1) is 0 Å². The summed E-state index contributed by atoms with van der Waals surface area (Å²) in [6.07, 6.45) is 6.96. The molecule has 3 aromatic carbocycles. The van der Waals surface area contributed by atoms with Crippen LogP contribution >= 0.6 is 0 Å². The first-order valence-electron chi connectivity index (χ1n) is 11.2. The third-order valence-corrected chi connectivity index (χ3v) is 5.44. The number of unbranched alkanes of at least 4 members (excludes halogenated alkanes) is 4. The fourth-order valence-electron chi connectivity index (χ4n) is 3.74. The normalized spacial score (nSPS) is 11.0. The molecule has 0 atom stereocenters. The molecule has 2 amide bonds. The Morgan fingerprint density at radius 2 is 1.30 bits per heavy atom. The lowest BCUT2D eigenvalue weighted by Gasteiger charge is -2.16. The van der Waals surface area contributed by atoms with Gasteiger partial charge in [0.05, 0.1) is 11.4 Å². The lowest BCUT2D eigenvalue weighted by atomic mass is 10.0. The molecule has 4 nitrogen and oxygen atoms in total. The summed E-state index contributed by atoms with van der Waals surface area (Å²) in [7, 11) is 0. The molecule has 3 rings (SSSR count). The molecule has 0 saturated carbocycles. The van der Waals surface area contributed by atoms with Crippen molar-refractivity contribution in [3.8, 4) is 0 Å². The maximum atomic E-state index is 12.6. The first-order valence-corrected chi connectivity index (χ1v) is 11.2. The summed E-state index contributed by atoms with van der Waals surface area (Å²) < 4.78 is 0. The zero-order chi connectivity index (χ0) is 21.3. The van der Waals surface area contributed by atoms with E-state index in [4.69, 9.17) is 0 Å². The van der Waals surface area contributed by atoms with Crippen molar-refractivity contribution >= 4 is 44.7 Å². The summed E-state index contributed by atoms with van der Waals surface area (Å²) in [5.41, 5.74) is 1.37. The lowest BCUT2D eigenvalue weighted by Crippen LogP contribution is -2.16. The number of hydrogen-bond donors (Lipinski definition) is 2. The van der Waals surface area contributed by atoms with Crippen LogP contribution in [0.4, 0.5) is 11.4 Å². The molecular weight excluding hydrogens is 372 g/mol. The van der Waals surface area contributed by atoms with Crippen molar-refractivity contribution < 1.29 is 9.59 Å². The van der Waals surface area contributed by atoms with E-state index < -0.39 is 0 Å². The van der Waals surface area contributed by atoms with Gasteiger partial charge in [0.25, 0.3) is 0 Å². The van der Waals surface area contributed by atoms with Crippen molar-refractivity contribution in [1.29, 1.82) is 0 Å². The molecule has 158 valence electrons. The molecule has 2 N–H and O–H groups in total. The van der Waals surface area contributed by atoms with Crippen molar-refractivity contribution in [2.24, 2.45) is 0 Å². The fourth-order valence-corrected chi connectivity index (χ4v) is 3.74. The number of nitrogens with one attached hydrogen (secondary N) is 2. The number of hydrogen-bond acceptors (Lipinski definition) is 2. The molecule has 0 heterocycles. The Hall–Kier alpha value is -2.88. The zero-order valence-electron chi connectivity index (χ0n) is 18.1. The zero-order valence-corrected chi connectivity index (χ0v) is 18.1. The van der Waals surface area contributed by atoms with Gasteiger partial charge in [-0.05, 0) is 47.2 Å². The number of anilines is 2. The number of benzene rings is 3. The van der Waals surface area contributed by atoms with E-state index in [0.717, 1.165) is 60.1 Å². The van der Waals surface area contributed by atoms with Crippen molar-refractivity contribution in [2.75, 3.05) is 10.6 Å². The molecule has 0 aliphatic rings. The number of carbonyl (C=O) groups is 2. The van der Waals surface area contributed by atoms with Crippen LogP contribution in [0.5, 0.6) is 0 Å². The molecule has 0 aliphatic heterocycles. The average molecular weight is 405 g/mol. The van der Waals surface area contributed by atoms with E-state index in [1.54, 1.807) is 0 Å². The van der Waals surface area contributed by atoms with E-state index in [1.807, 2.05) is 24.3 Å². The first kappa shape index (κ1) is 21.8. The van der Waals surface area contributed by atoms with Gasteiger partial charge in [-0.2, -0.15) is 0 Å². The molecule has 0 radical (unpaired) electrons. The van der Waals surface area contributed by atoms with Crippen LogP contribution in [-0.4, -0.2) is 11.8 Å². The van der Waals surface area contributed by atoms with E-state index in [-0.39, 0.29) is 11.8 Å². The fraction of sp³-hybridized carbons (Fsp3) is 0.385. The summed E-state index contributed by atoms with van der Waals surface area (Å²) in [5, 5.41) is 10.4. The third kappa shape index (κ3) is 5.59. The van der Waals surface area contributed by atoms with Gasteiger partial charge < -0.3 is 10.6 Å². The molecular formula is C26H32N2O2. The van der Waals surface area contributed by atoms with E-state index in [0.29, 0.717) is 24.2 Å². The first-order chi connectivity index (χ1) is 14.6. The Labute approximate surface area is 179 Å². The maximum absolute atomic E-state index is 12.6. The molecule has 0 aromatic heterocycles. The monoisotopic (exact) mass is 404 g/mol. The number of fused-ring (bicyclic) bond motifs is 2. The minimum atomic E-state index is -0.00919. The summed E-state index contributed by atoms with van der Waals surface area (Å²) in [6.45, 7) is 4.25. The summed E-state index contributed by atoms with van der Waals surface area (Å²) in [4.78, 5) is 25.1. The van der Waals surface area contributed by atoms with Gasteiger partial charge in [0.1, 0.15) is 0 Å². The molecule has 3 aromatic rings. The van der Waals surface area contributed by atoms with Crippen molar-refractivity contribution in [3.63, 3.8) is 0 Å². The van der Waals surface area contributed by atoms with Gasteiger partial charge in [0.2, 0.25) is 11.8 Å². The van der Waals surface area contributed by atoms with Gasteiger partial charge in [-0.3, -0.25) is 9.59 Å². The minimum absolute atomic E-state index is 0.00871. The van der Waals surface area contributed by atoms with E-state index in [9.17, 15) is 9.59 Å². The summed E-state index contributed by atoms with van der Waals surface area (Å²) in [5.74, 6) is -0.0179. The molecule has 0 unspecified atom stereocenters. The number of amides is 2. The summed E-state index contributed by atoms with van der Waals surface area (Å²) >= 11 is 0. The maximum Gasteiger partial charge on any atom is 0.224 e. The smallest absolute Gasteiger partial charge is 0.224 e. The Bertz CT molecular complexity index is 1030. The SMILES string of the molecule is CCCCCC(=O)Nc1ccc2cc3ccccc3cc2c1NC(=O)CCCCC. The van der Waals surface area contributed by atoms with Crippen LogP contribution < -0.4 is 10.6 Å². The molecule has 0 fully saturated rings. The highest BCUT2D eigenvalue weighted by Gasteiger charge is 2.14. The Morgan fingerprint density at radius 3 is 1.93 bits per heavy atom. The molecule has 4 heteroatoms. The van der Waals surface area contributed by atoms with Crippen LogP contribution in [0, 0.1) is 0 Å². The van der Waals surface area contributed by atoms with Gasteiger partial charge in [0, 0.05) is 18.2 Å². The molecule has 0 aliphatic carbocycles. The second-order valence-electron chi connectivity index (χ2n) is 7.92. The van der Waals surface area contributed by atoms with Crippen molar-refractivity contribution in [3.05, 3.63) is 48.5 Å². The quantitative estimate of drug-likeness (QED) is 0.281. The highest BCUT2D eigenvalue weighted by molar-refractivity contribution is 6.13. The van der Waals surface area contributed by atoms with Crippen LogP contribution in [0.1, 0.15) is 65.2 Å². The van der Waals surface area contributed by atoms with Gasteiger partial charge in [-0.1, -0.05) is 69.9 Å². The highest BCUT2D eigenvalue weighted by atomic mass is 16.2. The van der Waals surface area contributed by atoms with E-state index in [2.05, 4.69) is 48.7 Å². The third-order valence-electron chi connectivity index (χ3n) is 5.44. The number of carbonyl (C=O) groups excluding carboxylic acids is 2. The van der Waals surface area contributed by atoms with E-state index in [1.165, 1.54) is 0 Å². The van der Waals surface area contributed by atoms with Crippen molar-refractivity contribution in [2.45, 2.75) is 65.2 Å². The predicted octanol–water partition coefficient (Wildman–Crippen LogP) is 7.03. The van der Waals surface area contributed by atoms with Crippen LogP contribution in [-0.2, 0) is 9.59 Å². The Kier molecular flexibility index (Phi) is 7.83. The lowest BCUT2D eigenvalue weighted by molar-refractivity contribution is -0.117. The minimum Gasteiger partial charge on any atom is -0.324 e. The second-order valence-corrected chi connectivity index (χ2v) is 7.92. The van der Waals surface area contributed by atoms with Gasteiger partial charge in [0.15, 0.2) is 0 Å². The average Bonchev–Trinajstić information content (AvgIpc) is 2.74. The van der Waals surface area contributed by atoms with Crippen LogP contribution in [0.25, 0.3) is 21.5 Å². The topological polar surface area (TPSA) is 58.2 Å².